The van der Waals surface area contributed by atoms with Crippen LogP contribution in [0, 0.1) is 12.3 Å². The molecule has 9 nitrogen and oxygen atoms in total. The summed E-state index contributed by atoms with van der Waals surface area (Å²) in [5.74, 6) is -1.07. The van der Waals surface area contributed by atoms with Crippen LogP contribution in [0.2, 0.25) is 0 Å². The van der Waals surface area contributed by atoms with Crippen LogP contribution in [0.25, 0.3) is 0 Å². The number of hydrogen-bond donors (Lipinski definition) is 2. The van der Waals surface area contributed by atoms with E-state index in [0.717, 1.165) is 22.5 Å². The molecule has 3 aromatic carbocycles. The molecule has 1 aliphatic rings. The van der Waals surface area contributed by atoms with E-state index >= 15 is 0 Å². The van der Waals surface area contributed by atoms with E-state index in [2.05, 4.69) is 10.6 Å². The lowest BCUT2D eigenvalue weighted by molar-refractivity contribution is -0.130. The molecule has 0 spiro atoms. The van der Waals surface area contributed by atoms with Crippen molar-refractivity contribution in [2.24, 2.45) is 5.41 Å². The summed E-state index contributed by atoms with van der Waals surface area (Å²) >= 11 is 0. The molecule has 1 unspecified atom stereocenters. The molecule has 0 bridgehead atoms. The number of carbonyl (C=O) groups is 4. The summed E-state index contributed by atoms with van der Waals surface area (Å²) < 4.78 is 5.46. The molecule has 2 N–H and O–H groups in total. The minimum atomic E-state index is -1.04. The fourth-order valence-electron chi connectivity index (χ4n) is 5.03. The van der Waals surface area contributed by atoms with Gasteiger partial charge in [-0.05, 0) is 63.1 Å². The number of nitrogens with one attached hydrogen (secondary N) is 2. The van der Waals surface area contributed by atoms with Gasteiger partial charge in [-0.3, -0.25) is 14.4 Å². The highest BCUT2D eigenvalue weighted by Gasteiger charge is 2.39. The van der Waals surface area contributed by atoms with Crippen molar-refractivity contribution in [2.45, 2.75) is 72.6 Å². The average molecular weight is 613 g/mol. The van der Waals surface area contributed by atoms with Crippen LogP contribution in [0.15, 0.2) is 78.9 Å². The maximum atomic E-state index is 14.4. The largest absolute Gasteiger partial charge is 0.444 e. The van der Waals surface area contributed by atoms with Crippen LogP contribution in [0.5, 0.6) is 0 Å². The topological polar surface area (TPSA) is 108 Å². The molecule has 3 amide bonds. The third kappa shape index (κ3) is 8.71. The molecule has 0 aliphatic carbocycles. The molecule has 0 radical (unpaired) electrons. The molecule has 9 heteroatoms. The average Bonchev–Trinajstić information content (AvgIpc) is 3.06. The van der Waals surface area contributed by atoms with Gasteiger partial charge in [-0.15, -0.1) is 0 Å². The van der Waals surface area contributed by atoms with Crippen molar-refractivity contribution in [3.63, 3.8) is 0 Å². The van der Waals surface area contributed by atoms with E-state index in [0.29, 0.717) is 5.69 Å². The summed E-state index contributed by atoms with van der Waals surface area (Å²) in [4.78, 5) is 58.0. The van der Waals surface area contributed by atoms with Crippen molar-refractivity contribution in [1.29, 1.82) is 0 Å². The third-order valence-corrected chi connectivity index (χ3v) is 7.45. The number of aryl methyl sites for hydroxylation is 1. The highest BCUT2D eigenvalue weighted by atomic mass is 16.6. The Labute approximate surface area is 265 Å². The Bertz CT molecular complexity index is 1530. The van der Waals surface area contributed by atoms with E-state index in [4.69, 9.17) is 4.74 Å². The Balaban J connectivity index is 1.74. The summed E-state index contributed by atoms with van der Waals surface area (Å²) in [6, 6.07) is 22.6. The first-order chi connectivity index (χ1) is 21.1. The monoisotopic (exact) mass is 612 g/mol. The van der Waals surface area contributed by atoms with Gasteiger partial charge >= 0.3 is 6.09 Å². The number of rotatable bonds is 8. The number of ketones is 1. The van der Waals surface area contributed by atoms with Crippen molar-refractivity contribution in [2.75, 3.05) is 22.9 Å². The van der Waals surface area contributed by atoms with E-state index in [-0.39, 0.29) is 25.3 Å². The number of hydrogen-bond acceptors (Lipinski definition) is 6. The van der Waals surface area contributed by atoms with E-state index in [1.54, 1.807) is 20.8 Å². The van der Waals surface area contributed by atoms with Gasteiger partial charge in [0.2, 0.25) is 5.91 Å². The molecule has 45 heavy (non-hydrogen) atoms. The van der Waals surface area contributed by atoms with Gasteiger partial charge in [0.05, 0.1) is 24.5 Å². The van der Waals surface area contributed by atoms with Crippen molar-refractivity contribution >= 4 is 40.8 Å². The first kappa shape index (κ1) is 33.2. The van der Waals surface area contributed by atoms with Gasteiger partial charge in [0.15, 0.2) is 5.78 Å². The lowest BCUT2D eigenvalue weighted by atomic mass is 9.90. The quantitative estimate of drug-likeness (QED) is 0.337. The van der Waals surface area contributed by atoms with E-state index in [9.17, 15) is 19.2 Å². The van der Waals surface area contributed by atoms with Crippen LogP contribution in [-0.2, 0) is 25.5 Å². The van der Waals surface area contributed by atoms with Crippen LogP contribution in [0.1, 0.15) is 52.7 Å². The lowest BCUT2D eigenvalue weighted by Crippen LogP contribution is -2.58. The molecule has 4 rings (SSSR count). The molecule has 0 aromatic heterocycles. The number of amides is 3. The van der Waals surface area contributed by atoms with Gasteiger partial charge in [0.1, 0.15) is 17.7 Å². The van der Waals surface area contributed by atoms with Crippen molar-refractivity contribution in [3.05, 3.63) is 90.0 Å². The Morgan fingerprint density at radius 3 is 2.11 bits per heavy atom. The number of alkyl carbamates (subject to hydrolysis) is 1. The Hall–Kier alpha value is -4.66. The second-order valence-electron chi connectivity index (χ2n) is 13.5. The highest BCUT2D eigenvalue weighted by molar-refractivity contribution is 6.08. The van der Waals surface area contributed by atoms with E-state index < -0.39 is 41.0 Å². The van der Waals surface area contributed by atoms with Crippen LogP contribution in [-0.4, -0.2) is 54.5 Å². The summed E-state index contributed by atoms with van der Waals surface area (Å²) in [6.45, 7) is 12.6. The summed E-state index contributed by atoms with van der Waals surface area (Å²) in [5.41, 5.74) is 2.45. The Morgan fingerprint density at radius 1 is 0.889 bits per heavy atom. The number of carbonyl (C=O) groups excluding carboxylic acids is 4. The predicted molar refractivity (Wildman–Crippen MR) is 177 cm³/mol. The lowest BCUT2D eigenvalue weighted by Gasteiger charge is -2.29. The predicted octanol–water partition coefficient (Wildman–Crippen LogP) is 5.72. The first-order valence-corrected chi connectivity index (χ1v) is 15.2. The normalized spacial score (nSPS) is 15.9. The van der Waals surface area contributed by atoms with Gasteiger partial charge in [0, 0.05) is 17.5 Å². The second-order valence-corrected chi connectivity index (χ2v) is 13.5. The van der Waals surface area contributed by atoms with Gasteiger partial charge in [-0.25, -0.2) is 4.79 Å². The SMILES string of the molecule is Cc1ccc2c(c1)N(CC(=O)C(C)(C)C)C(=O)C(NC(=O)[C@H](Cc1ccccc1)NC(=O)OC(C)(C)C)CN2c1ccccc1. The van der Waals surface area contributed by atoms with Crippen LogP contribution < -0.4 is 20.4 Å². The van der Waals surface area contributed by atoms with Crippen LogP contribution in [0.4, 0.5) is 21.9 Å². The molecular formula is C36H44N4O5. The number of nitrogens with zero attached hydrogens (tertiary/aromatic N) is 2. The number of Topliss-reactive ketones (excluding diaryl/α,β-unsaturated/α-hetero) is 1. The summed E-state index contributed by atoms with van der Waals surface area (Å²) in [5, 5.41) is 5.64. The van der Waals surface area contributed by atoms with Crippen LogP contribution >= 0.6 is 0 Å². The molecule has 3 aromatic rings. The number of fused-ring (bicyclic) bond motifs is 1. The number of anilines is 3. The zero-order valence-corrected chi connectivity index (χ0v) is 27.2. The molecule has 0 saturated carbocycles. The fourth-order valence-corrected chi connectivity index (χ4v) is 5.03. The zero-order chi connectivity index (χ0) is 32.9. The van der Waals surface area contributed by atoms with E-state index in [1.165, 1.54) is 4.90 Å². The Kier molecular flexibility index (Phi) is 10.0. The maximum absolute atomic E-state index is 14.4. The number of para-hydroxylation sites is 1. The smallest absolute Gasteiger partial charge is 0.408 e. The van der Waals surface area contributed by atoms with Gasteiger partial charge < -0.3 is 25.2 Å². The molecular weight excluding hydrogens is 568 g/mol. The number of ether oxygens (including phenoxy) is 1. The minimum absolute atomic E-state index is 0.106. The zero-order valence-electron chi connectivity index (χ0n) is 27.2. The summed E-state index contributed by atoms with van der Waals surface area (Å²) in [6.07, 6.45) is -0.558. The van der Waals surface area contributed by atoms with Crippen LogP contribution in [0.3, 0.4) is 0 Å². The standard InChI is InChI=1S/C36H44N4O5/c1-24-18-19-29-30(20-24)40(23-31(41)35(2,3)4)33(43)28(22-39(29)26-16-12-9-13-17-26)37-32(42)27(21-25-14-10-8-11-15-25)38-34(44)45-36(5,6)7/h8-20,27-28H,21-23H2,1-7H3,(H,37,42)(H,38,44)/t27-,28?/m0/s1. The van der Waals surface area contributed by atoms with Crippen molar-refractivity contribution < 1.29 is 23.9 Å². The Morgan fingerprint density at radius 2 is 1.51 bits per heavy atom. The maximum Gasteiger partial charge on any atom is 0.408 e. The molecule has 0 fully saturated rings. The second kappa shape index (κ2) is 13.5. The molecule has 0 saturated heterocycles. The van der Waals surface area contributed by atoms with Gasteiger partial charge in [0.25, 0.3) is 5.91 Å². The highest BCUT2D eigenvalue weighted by Crippen LogP contribution is 2.38. The van der Waals surface area contributed by atoms with Gasteiger partial charge in [-0.2, -0.15) is 0 Å². The first-order valence-electron chi connectivity index (χ1n) is 15.2. The molecule has 2 atom stereocenters. The van der Waals surface area contributed by atoms with Gasteiger partial charge in [-0.1, -0.05) is 75.4 Å². The van der Waals surface area contributed by atoms with E-state index in [1.807, 2.05) is 111 Å². The van der Waals surface area contributed by atoms with Crippen molar-refractivity contribution in [1.82, 2.24) is 10.6 Å². The molecule has 238 valence electrons. The number of benzene rings is 3. The molecule has 1 aliphatic heterocycles. The third-order valence-electron chi connectivity index (χ3n) is 7.45. The summed E-state index contributed by atoms with van der Waals surface area (Å²) in [7, 11) is 0. The molecule has 1 heterocycles. The minimum Gasteiger partial charge on any atom is -0.444 e. The fraction of sp³-hybridized carbons (Fsp3) is 0.389. The van der Waals surface area contributed by atoms with Crippen molar-refractivity contribution in [3.8, 4) is 0 Å².